The molecule has 2 atom stereocenters. The van der Waals surface area contributed by atoms with Crippen LogP contribution >= 0.6 is 0 Å². The Balaban J connectivity index is 3.35. The molecule has 1 amide bonds. The number of carbonyl (C=O) groups is 1. The van der Waals surface area contributed by atoms with Crippen molar-refractivity contribution in [1.29, 1.82) is 0 Å². The molecule has 0 aliphatic rings. The van der Waals surface area contributed by atoms with Crippen molar-refractivity contribution in [3.05, 3.63) is 0 Å². The molecule has 0 spiro atoms. The second-order valence-corrected chi connectivity index (χ2v) is 25.0. The normalized spacial score (nSPS) is 12.5. The average Bonchev–Trinajstić information content (AvgIpc) is 3.41. The number of aliphatic hydroxyl groups is 2. The standard InChI is InChI=1S/C71H143NO3/c1-3-5-7-9-11-13-15-17-19-21-23-25-27-29-31-33-35-37-39-41-43-45-47-49-51-53-55-57-59-61-63-65-67-71(75)72-69(68-73)70(74)66-64-62-60-58-56-54-52-50-48-46-44-42-40-38-36-34-32-30-28-26-24-22-20-18-16-14-12-10-8-6-4-2/h69-70,73-74H,3-68H2,1-2H3,(H,72,75). The zero-order chi connectivity index (χ0) is 54.1. The quantitative estimate of drug-likeness (QED) is 0.0532. The Labute approximate surface area is 474 Å². The lowest BCUT2D eigenvalue weighted by Gasteiger charge is -2.22. The van der Waals surface area contributed by atoms with Gasteiger partial charge in [-0.3, -0.25) is 4.79 Å². The van der Waals surface area contributed by atoms with Crippen LogP contribution in [-0.2, 0) is 4.79 Å². The SMILES string of the molecule is CCCCCCCCCCCCCCCCCCCCCCCCCCCCCCCCCCC(=O)NC(CO)C(O)CCCCCCCCCCCCCCCCCCCCCCCCCCCCCCCCC. The number of amides is 1. The Hall–Kier alpha value is -0.610. The first-order chi connectivity index (χ1) is 37.2. The molecule has 0 bridgehead atoms. The average molecular weight is 1060 g/mol. The van der Waals surface area contributed by atoms with Crippen LogP contribution in [-0.4, -0.2) is 34.9 Å². The summed E-state index contributed by atoms with van der Waals surface area (Å²) in [6, 6.07) is -0.533. The fourth-order valence-corrected chi connectivity index (χ4v) is 12.0. The molecule has 0 aliphatic carbocycles. The number of aliphatic hydroxyl groups excluding tert-OH is 2. The monoisotopic (exact) mass is 1060 g/mol. The maximum atomic E-state index is 12.6. The van der Waals surface area contributed by atoms with Crippen molar-refractivity contribution < 1.29 is 15.0 Å². The zero-order valence-electron chi connectivity index (χ0n) is 52.1. The predicted octanol–water partition coefficient (Wildman–Crippen LogP) is 24.2. The van der Waals surface area contributed by atoms with Gasteiger partial charge in [-0.25, -0.2) is 0 Å². The van der Waals surface area contributed by atoms with E-state index in [1.807, 2.05) is 0 Å². The van der Waals surface area contributed by atoms with Gasteiger partial charge < -0.3 is 15.5 Å². The van der Waals surface area contributed by atoms with Gasteiger partial charge in [0.15, 0.2) is 0 Å². The number of hydrogen-bond donors (Lipinski definition) is 3. The molecular formula is C71H143NO3. The molecule has 0 aromatic heterocycles. The summed E-state index contributed by atoms with van der Waals surface area (Å²) in [6.07, 6.45) is 88.9. The third-order valence-electron chi connectivity index (χ3n) is 17.4. The molecule has 4 heteroatoms. The van der Waals surface area contributed by atoms with Crippen molar-refractivity contribution >= 4 is 5.91 Å². The summed E-state index contributed by atoms with van der Waals surface area (Å²) in [5, 5.41) is 23.5. The van der Waals surface area contributed by atoms with Gasteiger partial charge in [-0.05, 0) is 12.8 Å². The second-order valence-electron chi connectivity index (χ2n) is 25.0. The van der Waals surface area contributed by atoms with Crippen molar-refractivity contribution in [3.63, 3.8) is 0 Å². The fourth-order valence-electron chi connectivity index (χ4n) is 12.0. The number of hydrogen-bond acceptors (Lipinski definition) is 3. The van der Waals surface area contributed by atoms with E-state index in [1.165, 1.54) is 379 Å². The molecular weight excluding hydrogens is 915 g/mol. The van der Waals surface area contributed by atoms with Crippen LogP contribution in [0, 0.1) is 0 Å². The van der Waals surface area contributed by atoms with Gasteiger partial charge in [-0.2, -0.15) is 0 Å². The van der Waals surface area contributed by atoms with Crippen molar-refractivity contribution in [2.45, 2.75) is 443 Å². The molecule has 0 rings (SSSR count). The Morgan fingerprint density at radius 1 is 0.267 bits per heavy atom. The van der Waals surface area contributed by atoms with Gasteiger partial charge in [0.25, 0.3) is 0 Å². The highest BCUT2D eigenvalue weighted by Gasteiger charge is 2.20. The highest BCUT2D eigenvalue weighted by molar-refractivity contribution is 5.76. The maximum absolute atomic E-state index is 12.6. The molecule has 0 heterocycles. The minimum atomic E-state index is -0.657. The van der Waals surface area contributed by atoms with Crippen molar-refractivity contribution in [2.24, 2.45) is 0 Å². The first kappa shape index (κ1) is 74.4. The number of unbranched alkanes of at least 4 members (excludes halogenated alkanes) is 61. The summed E-state index contributed by atoms with van der Waals surface area (Å²) < 4.78 is 0. The molecule has 0 aromatic carbocycles. The second kappa shape index (κ2) is 67.7. The predicted molar refractivity (Wildman–Crippen MR) is 336 cm³/mol. The maximum Gasteiger partial charge on any atom is 0.220 e. The van der Waals surface area contributed by atoms with Crippen LogP contribution in [0.5, 0.6) is 0 Å². The van der Waals surface area contributed by atoms with Crippen LogP contribution in [0.25, 0.3) is 0 Å². The molecule has 75 heavy (non-hydrogen) atoms. The van der Waals surface area contributed by atoms with Crippen LogP contribution in [0.15, 0.2) is 0 Å². The van der Waals surface area contributed by atoms with Gasteiger partial charge in [-0.1, -0.05) is 412 Å². The Morgan fingerprint density at radius 2 is 0.427 bits per heavy atom. The van der Waals surface area contributed by atoms with Gasteiger partial charge in [0.2, 0.25) is 5.91 Å². The van der Waals surface area contributed by atoms with Gasteiger partial charge in [0.05, 0.1) is 18.8 Å². The summed E-state index contributed by atoms with van der Waals surface area (Å²) in [5.74, 6) is -0.0189. The molecule has 4 nitrogen and oxygen atoms in total. The van der Waals surface area contributed by atoms with E-state index < -0.39 is 12.1 Å². The van der Waals surface area contributed by atoms with Gasteiger partial charge in [-0.15, -0.1) is 0 Å². The summed E-state index contributed by atoms with van der Waals surface area (Å²) in [5.41, 5.74) is 0. The molecule has 0 aliphatic heterocycles. The minimum absolute atomic E-state index is 0.0189. The summed E-state index contributed by atoms with van der Waals surface area (Å²) in [4.78, 5) is 12.6. The summed E-state index contributed by atoms with van der Waals surface area (Å²) in [6.45, 7) is 4.42. The van der Waals surface area contributed by atoms with E-state index in [1.54, 1.807) is 0 Å². The fraction of sp³-hybridized carbons (Fsp3) is 0.986. The lowest BCUT2D eigenvalue weighted by atomic mass is 10.0. The number of rotatable bonds is 68. The first-order valence-corrected chi connectivity index (χ1v) is 35.7. The Kier molecular flexibility index (Phi) is 67.1. The first-order valence-electron chi connectivity index (χ1n) is 35.7. The largest absolute Gasteiger partial charge is 0.394 e. The third-order valence-corrected chi connectivity index (χ3v) is 17.4. The summed E-state index contributed by atoms with van der Waals surface area (Å²) >= 11 is 0. The van der Waals surface area contributed by atoms with Crippen LogP contribution in [0.3, 0.4) is 0 Å². The zero-order valence-corrected chi connectivity index (χ0v) is 52.1. The van der Waals surface area contributed by atoms with E-state index in [-0.39, 0.29) is 12.5 Å². The van der Waals surface area contributed by atoms with Gasteiger partial charge in [0, 0.05) is 6.42 Å². The molecule has 0 fully saturated rings. The molecule has 0 saturated carbocycles. The molecule has 3 N–H and O–H groups in total. The molecule has 0 aromatic rings. The van der Waals surface area contributed by atoms with Crippen LogP contribution in [0.2, 0.25) is 0 Å². The van der Waals surface area contributed by atoms with Crippen LogP contribution in [0.4, 0.5) is 0 Å². The number of nitrogens with one attached hydrogen (secondary N) is 1. The van der Waals surface area contributed by atoms with E-state index in [0.29, 0.717) is 12.8 Å². The molecule has 0 saturated heterocycles. The van der Waals surface area contributed by atoms with E-state index >= 15 is 0 Å². The Bertz CT molecular complexity index is 1020. The smallest absolute Gasteiger partial charge is 0.220 e. The lowest BCUT2D eigenvalue weighted by molar-refractivity contribution is -0.123. The molecule has 2 unspecified atom stereocenters. The van der Waals surface area contributed by atoms with Crippen molar-refractivity contribution in [3.8, 4) is 0 Å². The van der Waals surface area contributed by atoms with E-state index in [9.17, 15) is 15.0 Å². The molecule has 450 valence electrons. The number of carbonyl (C=O) groups excluding carboxylic acids is 1. The van der Waals surface area contributed by atoms with E-state index in [2.05, 4.69) is 19.2 Å². The highest BCUT2D eigenvalue weighted by atomic mass is 16.3. The van der Waals surface area contributed by atoms with Crippen molar-refractivity contribution in [2.75, 3.05) is 6.61 Å². The van der Waals surface area contributed by atoms with Crippen LogP contribution in [0.1, 0.15) is 431 Å². The van der Waals surface area contributed by atoms with Crippen molar-refractivity contribution in [1.82, 2.24) is 5.32 Å². The topological polar surface area (TPSA) is 69.6 Å². The molecule has 0 radical (unpaired) electrons. The van der Waals surface area contributed by atoms with Gasteiger partial charge in [0.1, 0.15) is 0 Å². The highest BCUT2D eigenvalue weighted by Crippen LogP contribution is 2.20. The minimum Gasteiger partial charge on any atom is -0.394 e. The van der Waals surface area contributed by atoms with E-state index in [4.69, 9.17) is 0 Å². The van der Waals surface area contributed by atoms with Crippen LogP contribution < -0.4 is 5.32 Å². The third kappa shape index (κ3) is 64.1. The van der Waals surface area contributed by atoms with Gasteiger partial charge >= 0.3 is 0 Å². The van der Waals surface area contributed by atoms with E-state index in [0.717, 1.165) is 25.7 Å². The Morgan fingerprint density at radius 3 is 0.600 bits per heavy atom. The lowest BCUT2D eigenvalue weighted by Crippen LogP contribution is -2.45. The summed E-state index contributed by atoms with van der Waals surface area (Å²) in [7, 11) is 0.